The van der Waals surface area contributed by atoms with E-state index in [-0.39, 0.29) is 11.6 Å². The smallest absolute Gasteiger partial charge is 0.0641 e. The molecule has 116 valence electrons. The van der Waals surface area contributed by atoms with Crippen LogP contribution in [0.15, 0.2) is 18.5 Å². The van der Waals surface area contributed by atoms with Crippen LogP contribution in [-0.4, -0.2) is 19.6 Å². The van der Waals surface area contributed by atoms with Crippen molar-refractivity contribution in [3.63, 3.8) is 0 Å². The molecule has 0 unspecified atom stereocenters. The Morgan fingerprint density at radius 3 is 2.62 bits per heavy atom. The third-order valence-corrected chi connectivity index (χ3v) is 3.78. The highest BCUT2D eigenvalue weighted by Gasteiger charge is 2.19. The lowest BCUT2D eigenvalue weighted by molar-refractivity contribution is 0.353. The van der Waals surface area contributed by atoms with E-state index in [2.05, 4.69) is 69.3 Å². The van der Waals surface area contributed by atoms with Gasteiger partial charge in [0.2, 0.25) is 0 Å². The average Bonchev–Trinajstić information content (AvgIpc) is 3.01. The van der Waals surface area contributed by atoms with Gasteiger partial charge in [-0.25, -0.2) is 0 Å². The zero-order chi connectivity index (χ0) is 15.6. The maximum Gasteiger partial charge on any atom is 0.0641 e. The van der Waals surface area contributed by atoms with Gasteiger partial charge in [0.15, 0.2) is 0 Å². The quantitative estimate of drug-likeness (QED) is 0.920. The van der Waals surface area contributed by atoms with Crippen molar-refractivity contribution in [2.24, 2.45) is 0 Å². The van der Waals surface area contributed by atoms with E-state index in [0.29, 0.717) is 0 Å². The molecule has 5 heteroatoms. The van der Waals surface area contributed by atoms with Crippen molar-refractivity contribution in [1.29, 1.82) is 0 Å². The molecule has 0 amide bonds. The van der Waals surface area contributed by atoms with Crippen molar-refractivity contribution >= 4 is 0 Å². The molecular formula is C16H27N5. The highest BCUT2D eigenvalue weighted by Crippen LogP contribution is 2.21. The van der Waals surface area contributed by atoms with Gasteiger partial charge in [0.1, 0.15) is 0 Å². The molecule has 0 aliphatic heterocycles. The Morgan fingerprint density at radius 1 is 1.33 bits per heavy atom. The van der Waals surface area contributed by atoms with Crippen LogP contribution in [0.4, 0.5) is 0 Å². The highest BCUT2D eigenvalue weighted by molar-refractivity contribution is 5.20. The first-order valence-corrected chi connectivity index (χ1v) is 7.63. The molecule has 0 radical (unpaired) electrons. The minimum atomic E-state index is 0.0174. The van der Waals surface area contributed by atoms with E-state index in [1.807, 2.05) is 15.6 Å². The maximum absolute atomic E-state index is 4.64. The monoisotopic (exact) mass is 289 g/mol. The largest absolute Gasteiger partial charge is 0.304 e. The predicted octanol–water partition coefficient (Wildman–Crippen LogP) is 3.01. The molecule has 0 aliphatic rings. The number of hydrogen-bond donors (Lipinski definition) is 1. The zero-order valence-electron chi connectivity index (χ0n) is 14.0. The molecule has 0 saturated heterocycles. The Hall–Kier alpha value is -1.62. The van der Waals surface area contributed by atoms with E-state index < -0.39 is 0 Å². The SMILES string of the molecule is CCn1nccc1CN[C@H](C)c1cn(C(C)(C)C)nc1C. The Kier molecular flexibility index (Phi) is 4.52. The summed E-state index contributed by atoms with van der Waals surface area (Å²) in [5.74, 6) is 0. The molecule has 0 bridgehead atoms. The Bertz CT molecular complexity index is 588. The molecule has 0 aromatic carbocycles. The molecule has 1 N–H and O–H groups in total. The number of rotatable bonds is 5. The van der Waals surface area contributed by atoms with Crippen molar-refractivity contribution in [2.45, 2.75) is 66.2 Å². The molecule has 1 atom stereocenters. The predicted molar refractivity (Wildman–Crippen MR) is 85.1 cm³/mol. The van der Waals surface area contributed by atoms with Gasteiger partial charge in [-0.15, -0.1) is 0 Å². The first kappa shape index (κ1) is 15.8. The summed E-state index contributed by atoms with van der Waals surface area (Å²) in [6.07, 6.45) is 4.01. The standard InChI is InChI=1S/C16H27N5/c1-7-20-14(8-9-18-20)10-17-12(2)15-11-21(16(4,5)6)19-13(15)3/h8-9,11-12,17H,7,10H2,1-6H3/t12-/m1/s1. The summed E-state index contributed by atoms with van der Waals surface area (Å²) in [6, 6.07) is 2.33. The lowest BCUT2D eigenvalue weighted by atomic mass is 10.1. The van der Waals surface area contributed by atoms with Gasteiger partial charge in [-0.3, -0.25) is 9.36 Å². The second-order valence-corrected chi connectivity index (χ2v) is 6.53. The van der Waals surface area contributed by atoms with E-state index in [1.54, 1.807) is 0 Å². The molecular weight excluding hydrogens is 262 g/mol. The van der Waals surface area contributed by atoms with Gasteiger partial charge in [0.25, 0.3) is 0 Å². The van der Waals surface area contributed by atoms with Gasteiger partial charge in [0.05, 0.1) is 16.9 Å². The molecule has 2 rings (SSSR count). The number of nitrogens with one attached hydrogen (secondary N) is 1. The highest BCUT2D eigenvalue weighted by atomic mass is 15.3. The van der Waals surface area contributed by atoms with Gasteiger partial charge < -0.3 is 5.32 Å². The Balaban J connectivity index is 2.07. The van der Waals surface area contributed by atoms with Crippen LogP contribution in [0.2, 0.25) is 0 Å². The van der Waals surface area contributed by atoms with Crippen LogP contribution in [0.3, 0.4) is 0 Å². The summed E-state index contributed by atoms with van der Waals surface area (Å²) in [7, 11) is 0. The van der Waals surface area contributed by atoms with Gasteiger partial charge in [-0.1, -0.05) is 0 Å². The van der Waals surface area contributed by atoms with Gasteiger partial charge in [-0.2, -0.15) is 10.2 Å². The van der Waals surface area contributed by atoms with Gasteiger partial charge in [0, 0.05) is 37.1 Å². The second kappa shape index (κ2) is 6.02. The maximum atomic E-state index is 4.64. The van der Waals surface area contributed by atoms with Crippen molar-refractivity contribution in [3.05, 3.63) is 35.4 Å². The average molecular weight is 289 g/mol. The van der Waals surface area contributed by atoms with Crippen LogP contribution in [0.5, 0.6) is 0 Å². The van der Waals surface area contributed by atoms with Crippen molar-refractivity contribution in [1.82, 2.24) is 24.9 Å². The van der Waals surface area contributed by atoms with Gasteiger partial charge >= 0.3 is 0 Å². The van der Waals surface area contributed by atoms with Crippen molar-refractivity contribution in [2.75, 3.05) is 0 Å². The Morgan fingerprint density at radius 2 is 2.05 bits per heavy atom. The van der Waals surface area contributed by atoms with Crippen LogP contribution < -0.4 is 5.32 Å². The summed E-state index contributed by atoms with van der Waals surface area (Å²) >= 11 is 0. The van der Waals surface area contributed by atoms with Crippen LogP contribution in [0, 0.1) is 6.92 Å². The van der Waals surface area contributed by atoms with Gasteiger partial charge in [-0.05, 0) is 47.6 Å². The molecule has 21 heavy (non-hydrogen) atoms. The summed E-state index contributed by atoms with van der Waals surface area (Å²) in [5.41, 5.74) is 3.58. The summed E-state index contributed by atoms with van der Waals surface area (Å²) in [5, 5.41) is 12.5. The van der Waals surface area contributed by atoms with E-state index in [1.165, 1.54) is 11.3 Å². The van der Waals surface area contributed by atoms with Crippen molar-refractivity contribution < 1.29 is 0 Å². The van der Waals surface area contributed by atoms with E-state index in [9.17, 15) is 0 Å². The third-order valence-electron chi connectivity index (χ3n) is 3.78. The summed E-state index contributed by atoms with van der Waals surface area (Å²) < 4.78 is 4.07. The normalized spacial score (nSPS) is 13.6. The minimum absolute atomic E-state index is 0.0174. The van der Waals surface area contributed by atoms with E-state index >= 15 is 0 Å². The van der Waals surface area contributed by atoms with Crippen LogP contribution in [0.1, 0.15) is 57.6 Å². The molecule has 2 aromatic heterocycles. The third kappa shape index (κ3) is 3.53. The van der Waals surface area contributed by atoms with E-state index in [0.717, 1.165) is 18.8 Å². The van der Waals surface area contributed by atoms with Crippen LogP contribution in [-0.2, 0) is 18.6 Å². The zero-order valence-corrected chi connectivity index (χ0v) is 14.0. The Labute approximate surface area is 127 Å². The molecule has 0 spiro atoms. The molecule has 0 aliphatic carbocycles. The topological polar surface area (TPSA) is 47.7 Å². The first-order valence-electron chi connectivity index (χ1n) is 7.63. The molecule has 2 aromatic rings. The van der Waals surface area contributed by atoms with Crippen LogP contribution in [0.25, 0.3) is 0 Å². The first-order chi connectivity index (χ1) is 9.82. The van der Waals surface area contributed by atoms with E-state index in [4.69, 9.17) is 0 Å². The number of nitrogens with zero attached hydrogens (tertiary/aromatic N) is 4. The number of aromatic nitrogens is 4. The van der Waals surface area contributed by atoms with Crippen molar-refractivity contribution in [3.8, 4) is 0 Å². The molecule has 0 fully saturated rings. The minimum Gasteiger partial charge on any atom is -0.304 e. The second-order valence-electron chi connectivity index (χ2n) is 6.53. The molecule has 5 nitrogen and oxygen atoms in total. The fourth-order valence-corrected chi connectivity index (χ4v) is 2.40. The molecule has 2 heterocycles. The fourth-order valence-electron chi connectivity index (χ4n) is 2.40. The number of hydrogen-bond acceptors (Lipinski definition) is 3. The van der Waals surface area contributed by atoms with Crippen LogP contribution >= 0.6 is 0 Å². The lowest BCUT2D eigenvalue weighted by Gasteiger charge is -2.19. The molecule has 0 saturated carbocycles. The fraction of sp³-hybridized carbons (Fsp3) is 0.625. The summed E-state index contributed by atoms with van der Waals surface area (Å²) in [4.78, 5) is 0. The number of aryl methyl sites for hydroxylation is 2. The summed E-state index contributed by atoms with van der Waals surface area (Å²) in [6.45, 7) is 14.6. The lowest BCUT2D eigenvalue weighted by Crippen LogP contribution is -2.22.